The second-order valence-corrected chi connectivity index (χ2v) is 12.4. The summed E-state index contributed by atoms with van der Waals surface area (Å²) in [4.78, 5) is 4.73. The van der Waals surface area contributed by atoms with Gasteiger partial charge in [0.2, 0.25) is 0 Å². The van der Waals surface area contributed by atoms with Crippen molar-refractivity contribution in [2.75, 3.05) is 40.4 Å². The predicted octanol–water partition coefficient (Wildman–Crippen LogP) is 9.83. The van der Waals surface area contributed by atoms with Gasteiger partial charge in [0.25, 0.3) is 0 Å². The molecule has 0 amide bonds. The summed E-state index contributed by atoms with van der Waals surface area (Å²) in [5, 5.41) is 0. The molecule has 1 heterocycles. The van der Waals surface area contributed by atoms with Gasteiger partial charge in [-0.15, -0.1) is 0 Å². The largest absolute Gasteiger partial charge is 0.475 e. The van der Waals surface area contributed by atoms with Crippen LogP contribution in [0.5, 0.6) is 11.5 Å². The minimum Gasteiger partial charge on any atom is -0.475 e. The Morgan fingerprint density at radius 3 is 1.32 bits per heavy atom. The van der Waals surface area contributed by atoms with Gasteiger partial charge in [0.15, 0.2) is 12.5 Å². The fourth-order valence-corrected chi connectivity index (χ4v) is 5.78. The number of fused-ring (bicyclic) bond motifs is 2. The number of hydrogen-bond acceptors (Lipinski definition) is 5. The Morgan fingerprint density at radius 1 is 0.561 bits per heavy atom. The molecular formula is C36H66N2O3. The summed E-state index contributed by atoms with van der Waals surface area (Å²) >= 11 is 0. The lowest BCUT2D eigenvalue weighted by molar-refractivity contribution is -0.0157. The van der Waals surface area contributed by atoms with Crippen LogP contribution >= 0.6 is 0 Å². The molecule has 2 unspecified atom stereocenters. The zero-order valence-electron chi connectivity index (χ0n) is 27.6. The van der Waals surface area contributed by atoms with Gasteiger partial charge in [-0.2, -0.15) is 0 Å². The summed E-state index contributed by atoms with van der Waals surface area (Å²) in [5.74, 6) is 1.76. The minimum absolute atomic E-state index is 0.0174. The Kier molecular flexibility index (Phi) is 21.2. The van der Waals surface area contributed by atoms with Crippen molar-refractivity contribution in [3.63, 3.8) is 0 Å². The number of hydrogen-bond donors (Lipinski definition) is 0. The van der Waals surface area contributed by atoms with Crippen LogP contribution in [0.25, 0.3) is 0 Å². The molecule has 1 aliphatic heterocycles. The molecule has 1 aliphatic rings. The van der Waals surface area contributed by atoms with Crippen molar-refractivity contribution in [1.29, 1.82) is 0 Å². The maximum Gasteiger partial charge on any atom is 0.154 e. The van der Waals surface area contributed by atoms with Crippen molar-refractivity contribution in [3.05, 3.63) is 24.3 Å². The van der Waals surface area contributed by atoms with Crippen molar-refractivity contribution in [1.82, 2.24) is 9.80 Å². The van der Waals surface area contributed by atoms with Crippen molar-refractivity contribution >= 4 is 0 Å². The van der Waals surface area contributed by atoms with Crippen LogP contribution in [0.4, 0.5) is 0 Å². The summed E-state index contributed by atoms with van der Waals surface area (Å²) in [6.07, 6.45) is 26.1. The second-order valence-electron chi connectivity index (χ2n) is 12.4. The lowest BCUT2D eigenvalue weighted by atomic mass is 10.1. The maximum atomic E-state index is 6.50. The standard InChI is InChI=1S/C36H66N2O3/c1-5-7-9-11-13-15-17-19-21-28-37(3)35-26-30-39-31-27-36(41-34-25-23-24-33(32-34)40-35)38(4)29-22-20-18-16-14-12-10-8-6-2/h23-25,32,35-36H,5-22,26-31H2,1-4H3. The molecule has 0 spiro atoms. The first-order chi connectivity index (χ1) is 20.1. The first-order valence-electron chi connectivity index (χ1n) is 17.6. The lowest BCUT2D eigenvalue weighted by Gasteiger charge is -2.31. The highest BCUT2D eigenvalue weighted by Gasteiger charge is 2.20. The SMILES string of the molecule is CCCCCCCCCCCN(C)C1CCOCCC(N(C)CCCCCCCCCCC)Oc2cccc(c2)O1. The molecule has 0 aliphatic carbocycles. The van der Waals surface area contributed by atoms with E-state index in [4.69, 9.17) is 14.2 Å². The van der Waals surface area contributed by atoms with Crippen LogP contribution in [0.2, 0.25) is 0 Å². The number of rotatable bonds is 22. The van der Waals surface area contributed by atoms with Gasteiger partial charge < -0.3 is 14.2 Å². The molecule has 2 rings (SSSR count). The van der Waals surface area contributed by atoms with E-state index < -0.39 is 0 Å². The van der Waals surface area contributed by atoms with E-state index in [9.17, 15) is 0 Å². The van der Waals surface area contributed by atoms with Crippen LogP contribution in [0.3, 0.4) is 0 Å². The van der Waals surface area contributed by atoms with E-state index in [-0.39, 0.29) is 12.5 Å². The van der Waals surface area contributed by atoms with Gasteiger partial charge in [0, 0.05) is 32.0 Å². The number of unbranched alkanes of at least 4 members (excludes halogenated alkanes) is 16. The normalized spacial score (nSPS) is 18.1. The topological polar surface area (TPSA) is 34.2 Å². The number of benzene rings is 1. The first kappa shape index (κ1) is 35.9. The van der Waals surface area contributed by atoms with Crippen LogP contribution in [0, 0.1) is 0 Å². The van der Waals surface area contributed by atoms with Crippen molar-refractivity contribution in [2.24, 2.45) is 0 Å². The van der Waals surface area contributed by atoms with Gasteiger partial charge in [-0.1, -0.05) is 123 Å². The summed E-state index contributed by atoms with van der Waals surface area (Å²) in [5.41, 5.74) is 0. The quantitative estimate of drug-likeness (QED) is 0.129. The Labute approximate surface area is 254 Å². The maximum absolute atomic E-state index is 6.50. The predicted molar refractivity (Wildman–Crippen MR) is 175 cm³/mol. The molecule has 0 radical (unpaired) electrons. The molecule has 0 saturated heterocycles. The third-order valence-corrected chi connectivity index (χ3v) is 8.58. The summed E-state index contributed by atoms with van der Waals surface area (Å²) in [6, 6.07) is 8.24. The minimum atomic E-state index is 0.0174. The fraction of sp³-hybridized carbons (Fsp3) is 0.833. The number of ether oxygens (including phenoxy) is 3. The van der Waals surface area contributed by atoms with Gasteiger partial charge in [0.1, 0.15) is 11.5 Å². The third-order valence-electron chi connectivity index (χ3n) is 8.58. The Morgan fingerprint density at radius 2 is 0.927 bits per heavy atom. The highest BCUT2D eigenvalue weighted by Crippen LogP contribution is 2.25. The average Bonchev–Trinajstić information content (AvgIpc) is 2.97. The summed E-state index contributed by atoms with van der Waals surface area (Å²) in [6.45, 7) is 8.11. The van der Waals surface area contributed by atoms with Crippen LogP contribution in [0.1, 0.15) is 142 Å². The Hall–Kier alpha value is -1.30. The molecule has 1 aromatic rings. The van der Waals surface area contributed by atoms with Gasteiger partial charge in [-0.3, -0.25) is 9.80 Å². The van der Waals surface area contributed by atoms with Crippen LogP contribution in [0.15, 0.2) is 24.3 Å². The first-order valence-corrected chi connectivity index (χ1v) is 17.6. The van der Waals surface area contributed by atoms with Crippen molar-refractivity contribution < 1.29 is 14.2 Å². The van der Waals surface area contributed by atoms with Gasteiger partial charge in [-0.25, -0.2) is 0 Å². The summed E-state index contributed by atoms with van der Waals surface area (Å²) in [7, 11) is 4.39. The Bertz CT molecular complexity index is 675. The van der Waals surface area contributed by atoms with Crippen LogP contribution < -0.4 is 9.47 Å². The van der Waals surface area contributed by atoms with E-state index in [1.54, 1.807) is 0 Å². The molecule has 2 bridgehead atoms. The van der Waals surface area contributed by atoms with Crippen molar-refractivity contribution in [2.45, 2.75) is 155 Å². The lowest BCUT2D eigenvalue weighted by Crippen LogP contribution is -2.40. The molecule has 238 valence electrons. The Balaban J connectivity index is 1.75. The van der Waals surface area contributed by atoms with Crippen molar-refractivity contribution in [3.8, 4) is 11.5 Å². The highest BCUT2D eigenvalue weighted by atomic mass is 16.5. The van der Waals surface area contributed by atoms with E-state index in [0.717, 1.165) is 37.4 Å². The van der Waals surface area contributed by atoms with E-state index in [1.807, 2.05) is 0 Å². The molecule has 5 heteroatoms. The van der Waals surface area contributed by atoms with Crippen LogP contribution in [-0.4, -0.2) is 62.7 Å². The van der Waals surface area contributed by atoms with Gasteiger partial charge >= 0.3 is 0 Å². The molecule has 41 heavy (non-hydrogen) atoms. The number of nitrogens with zero attached hydrogens (tertiary/aromatic N) is 2. The molecule has 0 fully saturated rings. The molecule has 0 N–H and O–H groups in total. The molecule has 5 nitrogen and oxygen atoms in total. The molecule has 1 aromatic carbocycles. The third kappa shape index (κ3) is 17.4. The second kappa shape index (κ2) is 24.2. The average molecular weight is 575 g/mol. The zero-order valence-corrected chi connectivity index (χ0v) is 27.6. The zero-order chi connectivity index (χ0) is 29.4. The highest BCUT2D eigenvalue weighted by molar-refractivity contribution is 5.33. The monoisotopic (exact) mass is 575 g/mol. The van der Waals surface area contributed by atoms with Gasteiger partial charge in [0.05, 0.1) is 13.2 Å². The van der Waals surface area contributed by atoms with E-state index in [0.29, 0.717) is 13.2 Å². The molecular weight excluding hydrogens is 508 g/mol. The summed E-state index contributed by atoms with van der Waals surface area (Å²) < 4.78 is 19.1. The van der Waals surface area contributed by atoms with Gasteiger partial charge in [-0.05, 0) is 39.1 Å². The van der Waals surface area contributed by atoms with Crippen LogP contribution in [-0.2, 0) is 4.74 Å². The molecule has 2 atom stereocenters. The fourth-order valence-electron chi connectivity index (χ4n) is 5.78. The molecule has 0 saturated carbocycles. The molecule has 0 aromatic heterocycles. The smallest absolute Gasteiger partial charge is 0.154 e. The van der Waals surface area contributed by atoms with E-state index in [1.165, 1.54) is 116 Å². The van der Waals surface area contributed by atoms with E-state index >= 15 is 0 Å². The van der Waals surface area contributed by atoms with E-state index in [2.05, 4.69) is 62.0 Å².